The van der Waals surface area contributed by atoms with Gasteiger partial charge in [-0.1, -0.05) is 17.7 Å². The zero-order valence-electron chi connectivity index (χ0n) is 14.1. The summed E-state index contributed by atoms with van der Waals surface area (Å²) >= 11 is 5.69. The fourth-order valence-corrected chi connectivity index (χ4v) is 3.92. The van der Waals surface area contributed by atoms with Crippen LogP contribution in [0.15, 0.2) is 45.7 Å². The average Bonchev–Trinajstić information content (AvgIpc) is 2.93. The van der Waals surface area contributed by atoms with Crippen LogP contribution in [0, 0.1) is 12.7 Å². The third-order valence-electron chi connectivity index (χ3n) is 4.11. The van der Waals surface area contributed by atoms with Gasteiger partial charge in [-0.05, 0) is 49.2 Å². The first-order valence-corrected chi connectivity index (χ1v) is 9.75. The molecular weight excluding hydrogens is 397 g/mol. The molecule has 0 amide bonds. The number of nitrogens with one attached hydrogen (secondary N) is 1. The van der Waals surface area contributed by atoms with E-state index in [-0.39, 0.29) is 34.2 Å². The molecule has 9 heteroatoms. The quantitative estimate of drug-likeness (QED) is 0.643. The van der Waals surface area contributed by atoms with Crippen molar-refractivity contribution in [3.05, 3.63) is 64.1 Å². The van der Waals surface area contributed by atoms with Crippen molar-refractivity contribution in [2.45, 2.75) is 18.2 Å². The number of carboxylic acid groups (broad SMARTS) is 1. The second-order valence-electron chi connectivity index (χ2n) is 5.90. The predicted octanol–water partition coefficient (Wildman–Crippen LogP) is 3.75. The predicted molar refractivity (Wildman–Crippen MR) is 98.2 cm³/mol. The summed E-state index contributed by atoms with van der Waals surface area (Å²) in [6.07, 6.45) is 0.151. The van der Waals surface area contributed by atoms with E-state index in [0.717, 1.165) is 0 Å². The number of hydrogen-bond acceptors (Lipinski definition) is 4. The molecule has 0 unspecified atom stereocenters. The molecule has 0 aliphatic carbocycles. The molecule has 0 saturated heterocycles. The molecule has 0 bridgehead atoms. The fraction of sp³-hybridized carbons (Fsp3) is 0.167. The molecule has 2 aromatic carbocycles. The molecule has 1 heterocycles. The largest absolute Gasteiger partial charge is 0.475 e. The van der Waals surface area contributed by atoms with Crippen molar-refractivity contribution in [3.63, 3.8) is 0 Å². The van der Waals surface area contributed by atoms with Crippen LogP contribution in [0.2, 0.25) is 5.02 Å². The van der Waals surface area contributed by atoms with Crippen molar-refractivity contribution in [2.24, 2.45) is 0 Å². The molecular formula is C18H15ClFNO5S. The molecule has 27 heavy (non-hydrogen) atoms. The van der Waals surface area contributed by atoms with Crippen LogP contribution in [0.3, 0.4) is 0 Å². The molecule has 2 N–H and O–H groups in total. The maximum absolute atomic E-state index is 13.8. The van der Waals surface area contributed by atoms with E-state index in [1.54, 1.807) is 6.92 Å². The summed E-state index contributed by atoms with van der Waals surface area (Å²) in [5, 5.41) is 9.76. The molecule has 0 aliphatic rings. The molecule has 142 valence electrons. The van der Waals surface area contributed by atoms with Crippen LogP contribution in [-0.2, 0) is 16.4 Å². The summed E-state index contributed by atoms with van der Waals surface area (Å²) in [7, 11) is -3.86. The smallest absolute Gasteiger partial charge is 0.372 e. The Kier molecular flexibility index (Phi) is 5.23. The van der Waals surface area contributed by atoms with Gasteiger partial charge in [0.25, 0.3) is 0 Å². The van der Waals surface area contributed by atoms with Gasteiger partial charge in [-0.3, -0.25) is 0 Å². The lowest BCUT2D eigenvalue weighted by Gasteiger charge is -2.08. The molecule has 6 nitrogen and oxygen atoms in total. The number of aryl methyl sites for hydroxylation is 1. The van der Waals surface area contributed by atoms with E-state index in [1.165, 1.54) is 36.4 Å². The summed E-state index contributed by atoms with van der Waals surface area (Å²) < 4.78 is 46.4. The maximum Gasteiger partial charge on any atom is 0.372 e. The van der Waals surface area contributed by atoms with E-state index >= 15 is 0 Å². The van der Waals surface area contributed by atoms with Gasteiger partial charge in [0, 0.05) is 22.5 Å². The minimum absolute atomic E-state index is 0.0103. The van der Waals surface area contributed by atoms with Gasteiger partial charge >= 0.3 is 5.97 Å². The van der Waals surface area contributed by atoms with E-state index in [9.17, 15) is 17.6 Å². The number of aromatic carboxylic acids is 1. The number of sulfonamides is 1. The Bertz CT molecular complexity index is 1140. The Morgan fingerprint density at radius 2 is 2.00 bits per heavy atom. The van der Waals surface area contributed by atoms with Gasteiger partial charge in [0.2, 0.25) is 15.8 Å². The van der Waals surface area contributed by atoms with Crippen molar-refractivity contribution in [1.29, 1.82) is 0 Å². The minimum atomic E-state index is -3.86. The molecule has 0 atom stereocenters. The second-order valence-corrected chi connectivity index (χ2v) is 8.11. The van der Waals surface area contributed by atoms with Gasteiger partial charge in [-0.15, -0.1) is 0 Å². The molecule has 0 radical (unpaired) electrons. The normalized spacial score (nSPS) is 11.8. The lowest BCUT2D eigenvalue weighted by molar-refractivity contribution is 0.0664. The van der Waals surface area contributed by atoms with Gasteiger partial charge < -0.3 is 9.52 Å². The van der Waals surface area contributed by atoms with Crippen LogP contribution in [0.1, 0.15) is 21.7 Å². The lowest BCUT2D eigenvalue weighted by atomic mass is 10.1. The number of carbonyl (C=O) groups is 1. The highest BCUT2D eigenvalue weighted by atomic mass is 35.5. The zero-order valence-corrected chi connectivity index (χ0v) is 15.7. The second kappa shape index (κ2) is 7.30. The Labute approximate surface area is 159 Å². The van der Waals surface area contributed by atoms with E-state index in [2.05, 4.69) is 4.72 Å². The van der Waals surface area contributed by atoms with Gasteiger partial charge in [-0.25, -0.2) is 22.3 Å². The first-order chi connectivity index (χ1) is 12.7. The van der Waals surface area contributed by atoms with Crippen molar-refractivity contribution in [3.8, 4) is 0 Å². The van der Waals surface area contributed by atoms with Crippen LogP contribution >= 0.6 is 11.6 Å². The van der Waals surface area contributed by atoms with Crippen LogP contribution in [0.4, 0.5) is 4.39 Å². The summed E-state index contributed by atoms with van der Waals surface area (Å²) in [6.45, 7) is 1.53. The number of fused-ring (bicyclic) bond motifs is 1. The highest BCUT2D eigenvalue weighted by Gasteiger charge is 2.20. The van der Waals surface area contributed by atoms with Crippen molar-refractivity contribution < 1.29 is 27.1 Å². The molecule has 0 spiro atoms. The lowest BCUT2D eigenvalue weighted by Crippen LogP contribution is -2.26. The number of hydrogen-bond donors (Lipinski definition) is 2. The first kappa shape index (κ1) is 19.3. The van der Waals surface area contributed by atoms with Gasteiger partial charge in [0.1, 0.15) is 11.4 Å². The molecule has 0 fully saturated rings. The van der Waals surface area contributed by atoms with E-state index in [0.29, 0.717) is 16.5 Å². The maximum atomic E-state index is 13.8. The van der Waals surface area contributed by atoms with Gasteiger partial charge in [-0.2, -0.15) is 0 Å². The fourth-order valence-electron chi connectivity index (χ4n) is 2.70. The highest BCUT2D eigenvalue weighted by Crippen LogP contribution is 2.27. The summed E-state index contributed by atoms with van der Waals surface area (Å²) in [6, 6.07) is 8.28. The molecule has 3 rings (SSSR count). The topological polar surface area (TPSA) is 96.6 Å². The number of furan rings is 1. The van der Waals surface area contributed by atoms with Crippen molar-refractivity contribution in [1.82, 2.24) is 4.72 Å². The number of benzene rings is 2. The van der Waals surface area contributed by atoms with Crippen molar-refractivity contribution in [2.75, 3.05) is 6.54 Å². The highest BCUT2D eigenvalue weighted by molar-refractivity contribution is 7.89. The third-order valence-corrected chi connectivity index (χ3v) is 5.81. The number of halogens is 2. The third kappa shape index (κ3) is 3.97. The van der Waals surface area contributed by atoms with Gasteiger partial charge in [0.15, 0.2) is 0 Å². The zero-order chi connectivity index (χ0) is 19.8. The Hall–Kier alpha value is -2.42. The van der Waals surface area contributed by atoms with E-state index in [4.69, 9.17) is 21.1 Å². The van der Waals surface area contributed by atoms with Crippen LogP contribution in [0.5, 0.6) is 0 Å². The Balaban J connectivity index is 1.80. The first-order valence-electron chi connectivity index (χ1n) is 7.89. The standard InChI is InChI=1S/C18H15ClFNO5S/c1-10-14-9-13(4-5-16(14)26-17(10)18(22)23)27(24,25)21-7-6-11-2-3-12(19)8-15(11)20/h2-5,8-9,21H,6-7H2,1H3,(H,22,23). The van der Waals surface area contributed by atoms with Crippen LogP contribution in [-0.4, -0.2) is 26.0 Å². The Morgan fingerprint density at radius 1 is 1.26 bits per heavy atom. The monoisotopic (exact) mass is 411 g/mol. The molecule has 0 saturated carbocycles. The Morgan fingerprint density at radius 3 is 2.67 bits per heavy atom. The average molecular weight is 412 g/mol. The molecule has 1 aromatic heterocycles. The number of rotatable bonds is 6. The van der Waals surface area contributed by atoms with E-state index < -0.39 is 21.8 Å². The van der Waals surface area contributed by atoms with Crippen LogP contribution in [0.25, 0.3) is 11.0 Å². The number of carboxylic acids is 1. The molecule has 0 aliphatic heterocycles. The summed E-state index contributed by atoms with van der Waals surface area (Å²) in [4.78, 5) is 11.1. The van der Waals surface area contributed by atoms with Gasteiger partial charge in [0.05, 0.1) is 4.90 Å². The molecule has 3 aromatic rings. The van der Waals surface area contributed by atoms with E-state index in [1.807, 2.05) is 0 Å². The van der Waals surface area contributed by atoms with Crippen molar-refractivity contribution >= 4 is 38.6 Å². The van der Waals surface area contributed by atoms with Crippen LogP contribution < -0.4 is 4.72 Å². The minimum Gasteiger partial charge on any atom is -0.475 e. The summed E-state index contributed by atoms with van der Waals surface area (Å²) in [5.74, 6) is -1.96. The summed E-state index contributed by atoms with van der Waals surface area (Å²) in [5.41, 5.74) is 0.971. The SMILES string of the molecule is Cc1c(C(=O)O)oc2ccc(S(=O)(=O)NCCc3ccc(Cl)cc3F)cc12.